The summed E-state index contributed by atoms with van der Waals surface area (Å²) < 4.78 is 14.9. The first-order valence-electron chi connectivity index (χ1n) is 10.9. The van der Waals surface area contributed by atoms with Gasteiger partial charge in [-0.3, -0.25) is 4.21 Å². The maximum atomic E-state index is 12.5. The predicted octanol–water partition coefficient (Wildman–Crippen LogP) is 4.80. The summed E-state index contributed by atoms with van der Waals surface area (Å²) >= 11 is 6.05. The van der Waals surface area contributed by atoms with Crippen LogP contribution in [0.15, 0.2) is 29.3 Å². The van der Waals surface area contributed by atoms with Crippen molar-refractivity contribution in [2.75, 3.05) is 12.4 Å². The summed E-state index contributed by atoms with van der Waals surface area (Å²) in [6.07, 6.45) is 9.62. The molecule has 0 saturated heterocycles. The van der Waals surface area contributed by atoms with Crippen LogP contribution in [0.5, 0.6) is 0 Å². The van der Waals surface area contributed by atoms with E-state index < -0.39 is 10.8 Å². The Balaban J connectivity index is 1.38. The number of fused-ring (bicyclic) bond motifs is 1. The van der Waals surface area contributed by atoms with Crippen LogP contribution < -0.4 is 0 Å². The molecule has 1 aromatic carbocycles. The highest BCUT2D eigenvalue weighted by molar-refractivity contribution is 7.85. The molecule has 5 rings (SSSR count). The highest BCUT2D eigenvalue weighted by atomic mass is 35.5. The summed E-state index contributed by atoms with van der Waals surface area (Å²) in [7, 11) is -0.952. The summed E-state index contributed by atoms with van der Waals surface area (Å²) in [4.78, 5) is 4.89. The van der Waals surface area contributed by atoms with Gasteiger partial charge in [0.05, 0.1) is 16.5 Å². The Labute approximate surface area is 180 Å². The van der Waals surface area contributed by atoms with E-state index in [9.17, 15) is 9.32 Å². The number of aliphatic hydroxyl groups is 1. The van der Waals surface area contributed by atoms with Crippen LogP contribution in [0.1, 0.15) is 74.0 Å². The summed E-state index contributed by atoms with van der Waals surface area (Å²) in [6, 6.07) is 8.75. The van der Waals surface area contributed by atoms with Crippen LogP contribution in [0.4, 0.5) is 0 Å². The monoisotopic (exact) mass is 432 g/mol. The molecule has 2 aromatic rings. The topological polar surface area (TPSA) is 55.1 Å². The Morgan fingerprint density at radius 1 is 1.17 bits per heavy atom. The number of benzene rings is 1. The molecule has 1 unspecified atom stereocenters. The van der Waals surface area contributed by atoms with Crippen molar-refractivity contribution >= 4 is 22.4 Å². The normalized spacial score (nSPS) is 28.1. The number of hydrogen-bond donors (Lipinski definition) is 1. The van der Waals surface area contributed by atoms with Crippen molar-refractivity contribution in [3.05, 3.63) is 46.4 Å². The van der Waals surface area contributed by atoms with Crippen LogP contribution in [-0.4, -0.2) is 31.2 Å². The van der Waals surface area contributed by atoms with E-state index in [0.717, 1.165) is 67.2 Å². The number of halogens is 1. The van der Waals surface area contributed by atoms with Gasteiger partial charge in [0, 0.05) is 41.7 Å². The number of aliphatic hydroxyl groups excluding tert-OH is 1. The zero-order valence-corrected chi connectivity index (χ0v) is 18.4. The molecule has 0 bridgehead atoms. The molecule has 1 aromatic heterocycles. The molecule has 156 valence electrons. The number of imidazole rings is 1. The molecular weight excluding hydrogens is 404 g/mol. The minimum Gasteiger partial charge on any atom is -0.396 e. The Kier molecular flexibility index (Phi) is 5.34. The molecule has 1 N–H and O–H groups in total. The molecule has 1 aliphatic heterocycles. The van der Waals surface area contributed by atoms with Crippen molar-refractivity contribution in [2.24, 2.45) is 5.41 Å². The summed E-state index contributed by atoms with van der Waals surface area (Å²) in [5, 5.41) is 11.6. The quantitative estimate of drug-likeness (QED) is 0.737. The van der Waals surface area contributed by atoms with E-state index in [-0.39, 0.29) is 12.0 Å². The lowest BCUT2D eigenvalue weighted by molar-refractivity contribution is 0.0415. The third kappa shape index (κ3) is 3.60. The number of nitrogens with zero attached hydrogens (tertiary/aromatic N) is 2. The lowest BCUT2D eigenvalue weighted by Crippen LogP contribution is -2.37. The van der Waals surface area contributed by atoms with Crippen LogP contribution >= 0.6 is 11.6 Å². The highest BCUT2D eigenvalue weighted by Gasteiger charge is 2.40. The second-order valence-electron chi connectivity index (χ2n) is 9.19. The fourth-order valence-electron chi connectivity index (χ4n) is 5.55. The Hall–Kier alpha value is -1.17. The molecule has 6 heteroatoms. The second-order valence-corrected chi connectivity index (χ2v) is 11.1. The van der Waals surface area contributed by atoms with E-state index in [1.54, 1.807) is 0 Å². The van der Waals surface area contributed by atoms with E-state index in [0.29, 0.717) is 17.7 Å². The van der Waals surface area contributed by atoms with Crippen LogP contribution in [0.2, 0.25) is 5.02 Å². The summed E-state index contributed by atoms with van der Waals surface area (Å²) in [6.45, 7) is 0.233. The lowest BCUT2D eigenvalue weighted by Gasteiger charge is -2.41. The second kappa shape index (κ2) is 7.82. The molecule has 2 aliphatic carbocycles. The molecule has 29 heavy (non-hydrogen) atoms. The van der Waals surface area contributed by atoms with Crippen molar-refractivity contribution in [1.82, 2.24) is 9.55 Å². The van der Waals surface area contributed by atoms with Crippen molar-refractivity contribution in [3.63, 3.8) is 0 Å². The number of hydrogen-bond acceptors (Lipinski definition) is 3. The van der Waals surface area contributed by atoms with E-state index >= 15 is 0 Å². The molecule has 2 saturated carbocycles. The van der Waals surface area contributed by atoms with Gasteiger partial charge in [-0.25, -0.2) is 4.98 Å². The van der Waals surface area contributed by atoms with E-state index in [1.807, 2.05) is 12.1 Å². The first kappa shape index (κ1) is 19.8. The van der Waals surface area contributed by atoms with Crippen molar-refractivity contribution in [2.45, 2.75) is 74.8 Å². The van der Waals surface area contributed by atoms with Gasteiger partial charge >= 0.3 is 0 Å². The van der Waals surface area contributed by atoms with Gasteiger partial charge in [0.1, 0.15) is 10.9 Å². The molecule has 1 atom stereocenters. The average Bonchev–Trinajstić information content (AvgIpc) is 3.24. The largest absolute Gasteiger partial charge is 0.396 e. The van der Waals surface area contributed by atoms with Crippen LogP contribution in [0, 0.1) is 5.41 Å². The van der Waals surface area contributed by atoms with Crippen molar-refractivity contribution in [3.8, 4) is 0 Å². The van der Waals surface area contributed by atoms with Gasteiger partial charge in [-0.1, -0.05) is 30.2 Å². The van der Waals surface area contributed by atoms with Crippen LogP contribution in [0.3, 0.4) is 0 Å². The molecule has 2 fully saturated rings. The summed E-state index contributed by atoms with van der Waals surface area (Å²) in [5.74, 6) is 2.38. The Bertz CT molecular complexity index is 906. The summed E-state index contributed by atoms with van der Waals surface area (Å²) in [5.41, 5.74) is 2.60. The van der Waals surface area contributed by atoms with Gasteiger partial charge in [-0.05, 0) is 62.1 Å². The van der Waals surface area contributed by atoms with E-state index in [2.05, 4.69) is 16.7 Å². The molecule has 3 aliphatic rings. The third-order valence-electron chi connectivity index (χ3n) is 7.47. The van der Waals surface area contributed by atoms with Gasteiger partial charge in [0.15, 0.2) is 0 Å². The molecule has 0 spiro atoms. The van der Waals surface area contributed by atoms with Crippen LogP contribution in [-0.2, 0) is 23.6 Å². The first-order valence-corrected chi connectivity index (χ1v) is 12.6. The highest BCUT2D eigenvalue weighted by Crippen LogP contribution is 2.46. The van der Waals surface area contributed by atoms with Gasteiger partial charge in [-0.2, -0.15) is 0 Å². The Morgan fingerprint density at radius 2 is 1.90 bits per heavy atom. The van der Waals surface area contributed by atoms with Gasteiger partial charge in [0.2, 0.25) is 0 Å². The van der Waals surface area contributed by atoms with E-state index in [1.165, 1.54) is 17.7 Å². The minimum atomic E-state index is -0.952. The predicted molar refractivity (Wildman–Crippen MR) is 116 cm³/mol. The van der Waals surface area contributed by atoms with Crippen molar-refractivity contribution in [1.29, 1.82) is 0 Å². The Morgan fingerprint density at radius 3 is 2.52 bits per heavy atom. The fraction of sp³-hybridized carbons (Fsp3) is 0.609. The zero-order chi connectivity index (χ0) is 20.0. The lowest BCUT2D eigenvalue weighted by atomic mass is 9.67. The molecule has 2 heterocycles. The molecule has 4 nitrogen and oxygen atoms in total. The molecule has 0 radical (unpaired) electrons. The number of aromatic nitrogens is 2. The van der Waals surface area contributed by atoms with Crippen molar-refractivity contribution < 1.29 is 9.32 Å². The minimum absolute atomic E-state index is 0.00115. The molecular formula is C23H29ClN2O2S. The van der Waals surface area contributed by atoms with E-state index in [4.69, 9.17) is 16.6 Å². The first-order chi connectivity index (χ1) is 14.1. The third-order valence-corrected chi connectivity index (χ3v) is 9.06. The molecule has 0 amide bonds. The standard InChI is InChI=1S/C23H29ClN2O2S/c24-18-6-2-16(3-7-18)17-4-8-19(9-5-17)26-20-10-13-29(28)22(20)25-21(26)14-23(15-27)11-1-12-23/h2-3,6-7,17,19,27H,1,4-5,8-15H2. The maximum Gasteiger partial charge on any atom is 0.148 e. The smallest absolute Gasteiger partial charge is 0.148 e. The number of rotatable bonds is 5. The van der Waals surface area contributed by atoms with Crippen LogP contribution in [0.25, 0.3) is 0 Å². The average molecular weight is 433 g/mol. The van der Waals surface area contributed by atoms with Gasteiger partial charge in [0.25, 0.3) is 0 Å². The maximum absolute atomic E-state index is 12.5. The fourth-order valence-corrected chi connectivity index (χ4v) is 6.92. The van der Waals surface area contributed by atoms with Gasteiger partial charge < -0.3 is 9.67 Å². The van der Waals surface area contributed by atoms with Gasteiger partial charge in [-0.15, -0.1) is 0 Å². The zero-order valence-electron chi connectivity index (χ0n) is 16.8. The SMILES string of the molecule is O=S1CCc2c1nc(CC1(CO)CCC1)n2C1CCC(c2ccc(Cl)cc2)CC1.